The minimum absolute atomic E-state index is 0.0284. The van der Waals surface area contributed by atoms with E-state index in [0.29, 0.717) is 10.6 Å². The molecule has 1 heterocycles. The molecule has 0 fully saturated rings. The van der Waals surface area contributed by atoms with Crippen LogP contribution in [-0.4, -0.2) is 35.1 Å². The Hall–Kier alpha value is -1.28. The molecule has 5 nitrogen and oxygen atoms in total. The molecule has 0 aliphatic rings. The Morgan fingerprint density at radius 3 is 2.61 bits per heavy atom. The van der Waals surface area contributed by atoms with E-state index in [2.05, 4.69) is 4.98 Å². The summed E-state index contributed by atoms with van der Waals surface area (Å²) in [7, 11) is 3.25. The molecule has 2 radical (unpaired) electrons. The maximum absolute atomic E-state index is 12.9. The van der Waals surface area contributed by atoms with Crippen molar-refractivity contribution in [1.29, 1.82) is 0 Å². The van der Waals surface area contributed by atoms with E-state index < -0.39 is 10.0 Å². The summed E-state index contributed by atoms with van der Waals surface area (Å²) < 4.78 is 31.9. The fraction of sp³-hybridized carbons (Fsp3) is 0.214. The monoisotopic (exact) mass is 370 g/mol. The van der Waals surface area contributed by atoms with E-state index in [1.807, 2.05) is 0 Å². The average Bonchev–Trinajstić information content (AvgIpc) is 2.50. The first-order valence-corrected chi connectivity index (χ1v) is 8.66. The van der Waals surface area contributed by atoms with Crippen molar-refractivity contribution in [3.05, 3.63) is 46.1 Å². The summed E-state index contributed by atoms with van der Waals surface area (Å²) >= 11 is 11.9. The number of aryl methyl sites for hydroxylation is 1. The standard InChI is InChI=1S/C14H13BCl2N2O3S/c1-9-5-11(3-4-12(9)17)23(20,21)19(8-22-2)13-6-10(16)7-18-14(13)15/h3-7H,8H2,1-2H3. The predicted octanol–water partition coefficient (Wildman–Crippen LogP) is 2.29. The number of rotatable bonds is 5. The fourth-order valence-electron chi connectivity index (χ4n) is 1.93. The van der Waals surface area contributed by atoms with Crippen LogP contribution in [0.3, 0.4) is 0 Å². The molecule has 0 bridgehead atoms. The quantitative estimate of drug-likeness (QED) is 0.598. The van der Waals surface area contributed by atoms with E-state index in [-0.39, 0.29) is 27.9 Å². The van der Waals surface area contributed by atoms with Crippen LogP contribution >= 0.6 is 23.2 Å². The van der Waals surface area contributed by atoms with Crippen LogP contribution in [0.4, 0.5) is 5.69 Å². The van der Waals surface area contributed by atoms with Crippen LogP contribution < -0.4 is 9.90 Å². The van der Waals surface area contributed by atoms with Crippen LogP contribution in [0.2, 0.25) is 10.0 Å². The molecule has 2 rings (SSSR count). The van der Waals surface area contributed by atoms with Crippen molar-refractivity contribution in [2.75, 3.05) is 18.1 Å². The molecule has 1 aromatic carbocycles. The topological polar surface area (TPSA) is 59.5 Å². The van der Waals surface area contributed by atoms with Crippen LogP contribution in [0.25, 0.3) is 0 Å². The summed E-state index contributed by atoms with van der Waals surface area (Å²) in [6.45, 7) is 1.48. The molecule has 9 heteroatoms. The maximum Gasteiger partial charge on any atom is 0.266 e. The molecular formula is C14H13BCl2N2O3S. The molecule has 0 amide bonds. The van der Waals surface area contributed by atoms with Crippen molar-refractivity contribution in [3.63, 3.8) is 0 Å². The summed E-state index contributed by atoms with van der Waals surface area (Å²) in [5.41, 5.74) is 0.815. The lowest BCUT2D eigenvalue weighted by Gasteiger charge is -2.25. The third-order valence-corrected chi connectivity index (χ3v) is 5.46. The zero-order valence-corrected chi connectivity index (χ0v) is 14.8. The first-order valence-electron chi connectivity index (χ1n) is 6.46. The van der Waals surface area contributed by atoms with Crippen molar-refractivity contribution in [1.82, 2.24) is 4.98 Å². The van der Waals surface area contributed by atoms with Gasteiger partial charge in [0, 0.05) is 23.9 Å². The van der Waals surface area contributed by atoms with Gasteiger partial charge in [0.25, 0.3) is 10.0 Å². The van der Waals surface area contributed by atoms with E-state index in [9.17, 15) is 8.42 Å². The Morgan fingerprint density at radius 1 is 1.30 bits per heavy atom. The van der Waals surface area contributed by atoms with E-state index >= 15 is 0 Å². The molecule has 0 atom stereocenters. The lowest BCUT2D eigenvalue weighted by atomic mass is 10.0. The number of halogens is 2. The van der Waals surface area contributed by atoms with Gasteiger partial charge in [-0.2, -0.15) is 0 Å². The second-order valence-corrected chi connectivity index (χ2v) is 7.45. The van der Waals surface area contributed by atoms with Crippen molar-refractivity contribution in [2.24, 2.45) is 0 Å². The number of pyridine rings is 1. The van der Waals surface area contributed by atoms with Gasteiger partial charge in [0.1, 0.15) is 14.6 Å². The highest BCUT2D eigenvalue weighted by Crippen LogP contribution is 2.26. The van der Waals surface area contributed by atoms with Gasteiger partial charge >= 0.3 is 0 Å². The van der Waals surface area contributed by atoms with Crippen molar-refractivity contribution >= 4 is 52.4 Å². The van der Waals surface area contributed by atoms with E-state index in [4.69, 9.17) is 35.8 Å². The minimum atomic E-state index is -3.92. The third-order valence-electron chi connectivity index (χ3n) is 3.10. The molecule has 0 spiro atoms. The molecule has 0 unspecified atom stereocenters. The molecule has 0 saturated carbocycles. The second kappa shape index (κ2) is 7.09. The number of hydrogen-bond donors (Lipinski definition) is 0. The van der Waals surface area contributed by atoms with Gasteiger partial charge in [0.2, 0.25) is 0 Å². The lowest BCUT2D eigenvalue weighted by molar-refractivity contribution is 0.210. The van der Waals surface area contributed by atoms with Crippen molar-refractivity contribution < 1.29 is 13.2 Å². The highest BCUT2D eigenvalue weighted by molar-refractivity contribution is 7.92. The van der Waals surface area contributed by atoms with Gasteiger partial charge in [-0.05, 0) is 36.8 Å². The number of aromatic nitrogens is 1. The predicted molar refractivity (Wildman–Crippen MR) is 92.4 cm³/mol. The molecule has 1 aromatic heterocycles. The summed E-state index contributed by atoms with van der Waals surface area (Å²) in [6, 6.07) is 5.84. The normalized spacial score (nSPS) is 11.5. The Bertz CT molecular complexity index is 831. The number of benzene rings is 1. The zero-order valence-electron chi connectivity index (χ0n) is 12.5. The SMILES string of the molecule is [B]c1ncc(Cl)cc1N(COC)S(=O)(=O)c1ccc(Cl)c(C)c1. The van der Waals surface area contributed by atoms with E-state index in [1.54, 1.807) is 6.92 Å². The maximum atomic E-state index is 12.9. The molecule has 0 aliphatic heterocycles. The largest absolute Gasteiger partial charge is 0.363 e. The number of hydrogen-bond acceptors (Lipinski definition) is 4. The highest BCUT2D eigenvalue weighted by atomic mass is 35.5. The van der Waals surface area contributed by atoms with Gasteiger partial charge in [0.15, 0.2) is 0 Å². The number of ether oxygens (including phenoxy) is 1. The first-order chi connectivity index (χ1) is 10.8. The van der Waals surface area contributed by atoms with Gasteiger partial charge in [0.05, 0.1) is 15.6 Å². The zero-order chi connectivity index (χ0) is 17.2. The molecule has 23 heavy (non-hydrogen) atoms. The Kier molecular flexibility index (Phi) is 5.57. The van der Waals surface area contributed by atoms with Gasteiger partial charge in [-0.15, -0.1) is 0 Å². The summed E-state index contributed by atoms with van der Waals surface area (Å²) in [5.74, 6) is 0. The van der Waals surface area contributed by atoms with Crippen LogP contribution in [0, 0.1) is 6.92 Å². The Morgan fingerprint density at radius 2 is 2.00 bits per heavy atom. The highest BCUT2D eigenvalue weighted by Gasteiger charge is 2.27. The fourth-order valence-corrected chi connectivity index (χ4v) is 3.67. The van der Waals surface area contributed by atoms with E-state index in [0.717, 1.165) is 4.31 Å². The molecule has 0 saturated heterocycles. The lowest BCUT2D eigenvalue weighted by Crippen LogP contribution is -2.36. The summed E-state index contributed by atoms with van der Waals surface area (Å²) in [4.78, 5) is 3.95. The third kappa shape index (κ3) is 3.80. The summed E-state index contributed by atoms with van der Waals surface area (Å²) in [6.07, 6.45) is 1.34. The number of nitrogens with zero attached hydrogens (tertiary/aromatic N) is 2. The minimum Gasteiger partial charge on any atom is -0.363 e. The molecule has 0 N–H and O–H groups in total. The number of anilines is 1. The van der Waals surface area contributed by atoms with Crippen LogP contribution in [0.1, 0.15) is 5.56 Å². The second-order valence-electron chi connectivity index (χ2n) is 4.74. The van der Waals surface area contributed by atoms with E-state index in [1.165, 1.54) is 37.6 Å². The van der Waals surface area contributed by atoms with Gasteiger partial charge in [-0.25, -0.2) is 12.7 Å². The van der Waals surface area contributed by atoms with Gasteiger partial charge in [-0.1, -0.05) is 23.2 Å². The smallest absolute Gasteiger partial charge is 0.266 e. The van der Waals surface area contributed by atoms with Crippen molar-refractivity contribution in [3.8, 4) is 0 Å². The number of sulfonamides is 1. The number of methoxy groups -OCH3 is 1. The van der Waals surface area contributed by atoms with Gasteiger partial charge in [-0.3, -0.25) is 4.98 Å². The van der Waals surface area contributed by atoms with Crippen LogP contribution in [-0.2, 0) is 14.8 Å². The Labute approximate surface area is 146 Å². The Balaban J connectivity index is 2.59. The van der Waals surface area contributed by atoms with Crippen molar-refractivity contribution in [2.45, 2.75) is 11.8 Å². The summed E-state index contributed by atoms with van der Waals surface area (Å²) in [5, 5.41) is 0.740. The van der Waals surface area contributed by atoms with Crippen LogP contribution in [0.15, 0.2) is 35.4 Å². The van der Waals surface area contributed by atoms with Crippen LogP contribution in [0.5, 0.6) is 0 Å². The molecule has 120 valence electrons. The molecule has 2 aromatic rings. The first kappa shape index (κ1) is 18.1. The molecular weight excluding hydrogens is 358 g/mol. The molecule has 0 aliphatic carbocycles. The average molecular weight is 371 g/mol. The van der Waals surface area contributed by atoms with Gasteiger partial charge < -0.3 is 4.74 Å².